The van der Waals surface area contributed by atoms with E-state index in [9.17, 15) is 14.4 Å². The van der Waals surface area contributed by atoms with Crippen LogP contribution in [0.3, 0.4) is 0 Å². The van der Waals surface area contributed by atoms with E-state index in [1.165, 1.54) is 16.8 Å². The fraction of sp³-hybridized carbons (Fsp3) is 0.429. The fourth-order valence-electron chi connectivity index (χ4n) is 4.39. The Labute approximate surface area is 182 Å². The number of hydrogen-bond donors (Lipinski definition) is 3. The Morgan fingerprint density at radius 3 is 2.81 bits per heavy atom. The van der Waals surface area contributed by atoms with Gasteiger partial charge in [-0.05, 0) is 44.2 Å². The maximum Gasteiger partial charge on any atom is 0.277 e. The van der Waals surface area contributed by atoms with E-state index in [0.29, 0.717) is 30.8 Å². The molecule has 1 aliphatic heterocycles. The molecule has 0 saturated heterocycles. The summed E-state index contributed by atoms with van der Waals surface area (Å²) in [5.41, 5.74) is -1.39. The van der Waals surface area contributed by atoms with Crippen LogP contribution in [0.2, 0.25) is 5.02 Å². The van der Waals surface area contributed by atoms with Gasteiger partial charge in [-0.25, -0.2) is 9.37 Å². The number of nitrogens with one attached hydrogen (secondary N) is 3. The highest BCUT2D eigenvalue weighted by Crippen LogP contribution is 2.40. The van der Waals surface area contributed by atoms with Crippen LogP contribution in [0.5, 0.6) is 0 Å². The van der Waals surface area contributed by atoms with Crippen molar-refractivity contribution in [1.82, 2.24) is 14.9 Å². The molecule has 1 spiro atoms. The number of amides is 2. The first kappa shape index (κ1) is 20.0. The SMILES string of the molecule is O=C1NC2(CCCCC2F)n2c1c(Cl)cc(Nc1cc(NC(=O)C3CC3)ccn1)c2=O. The zero-order valence-electron chi connectivity index (χ0n) is 16.6. The summed E-state index contributed by atoms with van der Waals surface area (Å²) in [6, 6.07) is 4.60. The molecule has 2 saturated carbocycles. The van der Waals surface area contributed by atoms with E-state index in [1.807, 2.05) is 0 Å². The van der Waals surface area contributed by atoms with Gasteiger partial charge in [-0.1, -0.05) is 18.0 Å². The number of carbonyl (C=O) groups excluding carboxylic acids is 2. The molecule has 3 heterocycles. The van der Waals surface area contributed by atoms with Crippen molar-refractivity contribution in [2.24, 2.45) is 5.92 Å². The molecule has 31 heavy (non-hydrogen) atoms. The van der Waals surface area contributed by atoms with Crippen molar-refractivity contribution in [3.63, 3.8) is 0 Å². The molecule has 162 valence electrons. The van der Waals surface area contributed by atoms with Crippen molar-refractivity contribution in [3.8, 4) is 0 Å². The number of nitrogens with zero attached hydrogens (tertiary/aromatic N) is 2. The molecule has 2 unspecified atom stereocenters. The number of carbonyl (C=O) groups is 2. The number of fused-ring (bicyclic) bond motifs is 2. The van der Waals surface area contributed by atoms with Gasteiger partial charge in [0.05, 0.1) is 5.02 Å². The first-order valence-electron chi connectivity index (χ1n) is 10.4. The standard InChI is InChI=1S/C21H21ClFN5O3/c22-13-10-14(26-16-9-12(6-8-24-16)25-18(29)11-4-5-11)20(31)28-17(13)19(30)27-21(28)7-2-1-3-15(21)23/h6,8-11,15H,1-5,7H2,(H,27,30)(H2,24,25,26,29). The summed E-state index contributed by atoms with van der Waals surface area (Å²) in [6.45, 7) is 0. The molecule has 3 N–H and O–H groups in total. The summed E-state index contributed by atoms with van der Waals surface area (Å²) in [6.07, 6.45) is 3.83. The number of hydrogen-bond acceptors (Lipinski definition) is 5. The second-order valence-electron chi connectivity index (χ2n) is 8.31. The quantitative estimate of drug-likeness (QED) is 0.669. The van der Waals surface area contributed by atoms with Crippen LogP contribution in [0, 0.1) is 5.92 Å². The summed E-state index contributed by atoms with van der Waals surface area (Å²) < 4.78 is 16.2. The van der Waals surface area contributed by atoms with E-state index < -0.39 is 23.3 Å². The van der Waals surface area contributed by atoms with Crippen LogP contribution >= 0.6 is 11.6 Å². The van der Waals surface area contributed by atoms with Crippen LogP contribution in [0.4, 0.5) is 21.6 Å². The summed E-state index contributed by atoms with van der Waals surface area (Å²) >= 11 is 6.34. The van der Waals surface area contributed by atoms with Gasteiger partial charge in [0.25, 0.3) is 11.5 Å². The third kappa shape index (κ3) is 3.37. The van der Waals surface area contributed by atoms with Crippen LogP contribution in [-0.2, 0) is 10.5 Å². The number of rotatable bonds is 4. The molecule has 2 amide bonds. The third-order valence-corrected chi connectivity index (χ3v) is 6.41. The van der Waals surface area contributed by atoms with Crippen LogP contribution < -0.4 is 21.5 Å². The molecular formula is C21H21ClFN5O3. The number of aromatic nitrogens is 2. The van der Waals surface area contributed by atoms with Crippen LogP contribution in [0.25, 0.3) is 0 Å². The Hall–Kier alpha value is -2.94. The van der Waals surface area contributed by atoms with E-state index in [4.69, 9.17) is 11.6 Å². The zero-order valence-corrected chi connectivity index (χ0v) is 17.3. The summed E-state index contributed by atoms with van der Waals surface area (Å²) in [5, 5.41) is 8.46. The Bertz CT molecular complexity index is 1150. The number of pyridine rings is 2. The van der Waals surface area contributed by atoms with Crippen LogP contribution in [0.1, 0.15) is 49.0 Å². The van der Waals surface area contributed by atoms with E-state index in [-0.39, 0.29) is 34.6 Å². The topological polar surface area (TPSA) is 105 Å². The maximum absolute atomic E-state index is 15.0. The van der Waals surface area contributed by atoms with Gasteiger partial charge in [0.15, 0.2) is 5.66 Å². The lowest BCUT2D eigenvalue weighted by atomic mass is 9.87. The van der Waals surface area contributed by atoms with Crippen molar-refractivity contribution < 1.29 is 14.0 Å². The average molecular weight is 446 g/mol. The van der Waals surface area contributed by atoms with Gasteiger partial charge in [0.1, 0.15) is 23.4 Å². The van der Waals surface area contributed by atoms with Crippen LogP contribution in [-0.4, -0.2) is 27.5 Å². The highest BCUT2D eigenvalue weighted by molar-refractivity contribution is 6.34. The van der Waals surface area contributed by atoms with E-state index >= 15 is 4.39 Å². The predicted molar refractivity (Wildman–Crippen MR) is 113 cm³/mol. The van der Waals surface area contributed by atoms with Gasteiger partial charge in [-0.3, -0.25) is 19.0 Å². The van der Waals surface area contributed by atoms with E-state index in [1.54, 1.807) is 12.1 Å². The molecule has 0 radical (unpaired) electrons. The number of halogens is 2. The zero-order chi connectivity index (χ0) is 21.8. The predicted octanol–water partition coefficient (Wildman–Crippen LogP) is 3.30. The fourth-order valence-corrected chi connectivity index (χ4v) is 4.67. The lowest BCUT2D eigenvalue weighted by Gasteiger charge is -2.38. The Morgan fingerprint density at radius 2 is 2.06 bits per heavy atom. The van der Waals surface area contributed by atoms with Gasteiger partial charge in [-0.2, -0.15) is 0 Å². The second kappa shape index (κ2) is 7.33. The third-order valence-electron chi connectivity index (χ3n) is 6.12. The summed E-state index contributed by atoms with van der Waals surface area (Å²) in [4.78, 5) is 42.1. The van der Waals surface area contributed by atoms with Gasteiger partial charge in [0.2, 0.25) is 5.91 Å². The molecule has 2 atom stereocenters. The van der Waals surface area contributed by atoms with Crippen LogP contribution in [0.15, 0.2) is 29.2 Å². The Balaban J connectivity index is 1.51. The average Bonchev–Trinajstić information content (AvgIpc) is 3.53. The summed E-state index contributed by atoms with van der Waals surface area (Å²) in [5.74, 6) is -0.235. The van der Waals surface area contributed by atoms with Gasteiger partial charge in [0, 0.05) is 23.9 Å². The highest BCUT2D eigenvalue weighted by Gasteiger charge is 2.52. The second-order valence-corrected chi connectivity index (χ2v) is 8.71. The first-order valence-corrected chi connectivity index (χ1v) is 10.7. The Morgan fingerprint density at radius 1 is 1.26 bits per heavy atom. The van der Waals surface area contributed by atoms with Crippen molar-refractivity contribution in [1.29, 1.82) is 0 Å². The van der Waals surface area contributed by atoms with Gasteiger partial charge >= 0.3 is 0 Å². The highest BCUT2D eigenvalue weighted by atomic mass is 35.5. The molecule has 0 aromatic carbocycles. The van der Waals surface area contributed by atoms with Gasteiger partial charge in [-0.15, -0.1) is 0 Å². The molecule has 8 nitrogen and oxygen atoms in total. The minimum absolute atomic E-state index is 0.0276. The minimum atomic E-state index is -1.42. The lowest BCUT2D eigenvalue weighted by Crippen LogP contribution is -2.55. The van der Waals surface area contributed by atoms with Crippen molar-refractivity contribution in [2.45, 2.75) is 50.4 Å². The first-order chi connectivity index (χ1) is 14.9. The molecule has 2 aliphatic carbocycles. The Kier molecular flexibility index (Phi) is 4.73. The molecule has 2 fully saturated rings. The van der Waals surface area contributed by atoms with E-state index in [2.05, 4.69) is 20.9 Å². The number of alkyl halides is 1. The van der Waals surface area contributed by atoms with Crippen molar-refractivity contribution >= 4 is 40.6 Å². The molecule has 2 aromatic rings. The minimum Gasteiger partial charge on any atom is -0.336 e. The monoisotopic (exact) mass is 445 g/mol. The number of anilines is 3. The summed E-state index contributed by atoms with van der Waals surface area (Å²) in [7, 11) is 0. The molecule has 0 bridgehead atoms. The largest absolute Gasteiger partial charge is 0.336 e. The van der Waals surface area contributed by atoms with Gasteiger partial charge < -0.3 is 16.0 Å². The van der Waals surface area contributed by atoms with E-state index in [0.717, 1.165) is 12.8 Å². The molecule has 5 rings (SSSR count). The smallest absolute Gasteiger partial charge is 0.277 e. The molecule has 3 aliphatic rings. The molecule has 2 aromatic heterocycles. The molecular weight excluding hydrogens is 425 g/mol. The normalized spacial score (nSPS) is 24.6. The van der Waals surface area contributed by atoms with Crippen molar-refractivity contribution in [2.75, 3.05) is 10.6 Å². The lowest BCUT2D eigenvalue weighted by molar-refractivity contribution is -0.117. The van der Waals surface area contributed by atoms with Crippen molar-refractivity contribution in [3.05, 3.63) is 45.5 Å². The molecule has 10 heteroatoms. The maximum atomic E-state index is 15.0.